The molecule has 1 rings (SSSR count). The number of ether oxygens (including phenoxy) is 1. The van der Waals surface area contributed by atoms with Gasteiger partial charge in [-0.15, -0.1) is 0 Å². The van der Waals surface area contributed by atoms with Crippen LogP contribution in [-0.2, 0) is 22.1 Å². The van der Waals surface area contributed by atoms with Crippen molar-refractivity contribution in [1.82, 2.24) is 4.90 Å². The van der Waals surface area contributed by atoms with Gasteiger partial charge < -0.3 is 9.84 Å². The van der Waals surface area contributed by atoms with Gasteiger partial charge in [-0.2, -0.15) is 13.2 Å². The number of hydrogen-bond donors (Lipinski definition) is 1. The zero-order valence-corrected chi connectivity index (χ0v) is 13.8. The molecular formula is C16H20F3NO4. The molecule has 0 fully saturated rings. The molecule has 5 nitrogen and oxygen atoms in total. The zero-order valence-electron chi connectivity index (χ0n) is 13.8. The van der Waals surface area contributed by atoms with Crippen LogP contribution in [0.2, 0.25) is 0 Å². The lowest BCUT2D eigenvalue weighted by molar-refractivity contribution is -0.142. The molecule has 0 aliphatic heterocycles. The fraction of sp³-hybridized carbons (Fsp3) is 0.500. The second kappa shape index (κ2) is 7.11. The highest BCUT2D eigenvalue weighted by Gasteiger charge is 2.33. The zero-order chi connectivity index (χ0) is 18.7. The summed E-state index contributed by atoms with van der Waals surface area (Å²) >= 11 is 0. The van der Waals surface area contributed by atoms with Crippen LogP contribution in [0.5, 0.6) is 0 Å². The van der Waals surface area contributed by atoms with Crippen molar-refractivity contribution in [3.05, 3.63) is 35.4 Å². The molecule has 1 aromatic carbocycles. The van der Waals surface area contributed by atoms with E-state index in [1.54, 1.807) is 20.8 Å². The third-order valence-corrected chi connectivity index (χ3v) is 3.12. The standard InChI is InChI=1S/C16H20F3NO4/c1-15(2,3)24-14(23)20(4)12(13(21)22)9-10-6-5-7-11(8-10)16(17,18)19/h5-8,12H,9H2,1-4H3,(H,21,22)/t12-/m0/s1. The highest BCUT2D eigenvalue weighted by atomic mass is 19.4. The summed E-state index contributed by atoms with van der Waals surface area (Å²) in [5, 5.41) is 9.31. The highest BCUT2D eigenvalue weighted by Crippen LogP contribution is 2.30. The summed E-state index contributed by atoms with van der Waals surface area (Å²) in [5.41, 5.74) is -1.53. The number of rotatable bonds is 4. The minimum atomic E-state index is -4.52. The van der Waals surface area contributed by atoms with Crippen LogP contribution in [0, 0.1) is 0 Å². The van der Waals surface area contributed by atoms with Crippen LogP contribution in [0.25, 0.3) is 0 Å². The van der Waals surface area contributed by atoms with Crippen LogP contribution >= 0.6 is 0 Å². The summed E-state index contributed by atoms with van der Waals surface area (Å²) in [5.74, 6) is -1.33. The molecule has 0 spiro atoms. The first-order valence-electron chi connectivity index (χ1n) is 7.16. The molecule has 0 aromatic heterocycles. The van der Waals surface area contributed by atoms with Gasteiger partial charge in [-0.1, -0.05) is 18.2 Å². The molecule has 1 aromatic rings. The number of amides is 1. The van der Waals surface area contributed by atoms with Crippen molar-refractivity contribution in [2.24, 2.45) is 0 Å². The number of carboxylic acids is 1. The Hall–Kier alpha value is -2.25. The minimum absolute atomic E-state index is 0.160. The Kier molecular flexibility index (Phi) is 5.86. The van der Waals surface area contributed by atoms with Gasteiger partial charge in [0.05, 0.1) is 5.56 Å². The number of hydrogen-bond acceptors (Lipinski definition) is 3. The third-order valence-electron chi connectivity index (χ3n) is 3.12. The number of alkyl halides is 3. The lowest BCUT2D eigenvalue weighted by atomic mass is 10.0. The molecular weight excluding hydrogens is 327 g/mol. The maximum atomic E-state index is 12.7. The van der Waals surface area contributed by atoms with E-state index in [-0.39, 0.29) is 12.0 Å². The fourth-order valence-corrected chi connectivity index (χ4v) is 1.95. The van der Waals surface area contributed by atoms with Gasteiger partial charge in [0.2, 0.25) is 0 Å². The molecule has 1 amide bonds. The van der Waals surface area contributed by atoms with Gasteiger partial charge >= 0.3 is 18.2 Å². The van der Waals surface area contributed by atoms with Crippen LogP contribution in [0.1, 0.15) is 31.9 Å². The Bertz CT molecular complexity index is 608. The van der Waals surface area contributed by atoms with Gasteiger partial charge in [-0.3, -0.25) is 4.90 Å². The fourth-order valence-electron chi connectivity index (χ4n) is 1.95. The summed E-state index contributed by atoms with van der Waals surface area (Å²) < 4.78 is 43.3. The Morgan fingerprint density at radius 3 is 2.29 bits per heavy atom. The first-order chi connectivity index (χ1) is 10.8. The maximum Gasteiger partial charge on any atom is 0.416 e. The summed E-state index contributed by atoms with van der Waals surface area (Å²) in [6.45, 7) is 4.88. The SMILES string of the molecule is CN(C(=O)OC(C)(C)C)[C@@H](Cc1cccc(C(F)(F)F)c1)C(=O)O. The number of aliphatic carboxylic acids is 1. The third kappa shape index (κ3) is 5.75. The predicted molar refractivity (Wildman–Crippen MR) is 80.6 cm³/mol. The number of nitrogens with zero attached hydrogens (tertiary/aromatic N) is 1. The van der Waals surface area contributed by atoms with E-state index in [1.165, 1.54) is 19.2 Å². The second-order valence-electron chi connectivity index (χ2n) is 6.35. The summed E-state index contributed by atoms with van der Waals surface area (Å²) in [4.78, 5) is 24.3. The first-order valence-corrected chi connectivity index (χ1v) is 7.16. The van der Waals surface area contributed by atoms with Gasteiger partial charge in [0.15, 0.2) is 0 Å². The lowest BCUT2D eigenvalue weighted by Crippen LogP contribution is -2.46. The average molecular weight is 347 g/mol. The molecule has 0 aliphatic rings. The number of carbonyl (C=O) groups is 2. The van der Waals surface area contributed by atoms with Crippen molar-refractivity contribution in [3.8, 4) is 0 Å². The molecule has 1 atom stereocenters. The van der Waals surface area contributed by atoms with Gasteiger partial charge in [0.25, 0.3) is 0 Å². The Balaban J connectivity index is 2.99. The van der Waals surface area contributed by atoms with Crippen LogP contribution in [-0.4, -0.2) is 40.8 Å². The van der Waals surface area contributed by atoms with Crippen molar-refractivity contribution in [2.45, 2.75) is 45.0 Å². The number of benzene rings is 1. The summed E-state index contributed by atoms with van der Waals surface area (Å²) in [6.07, 6.45) is -5.65. The van der Waals surface area contributed by atoms with Crippen LogP contribution < -0.4 is 0 Å². The molecule has 0 unspecified atom stereocenters. The van der Waals surface area contributed by atoms with E-state index in [4.69, 9.17) is 4.74 Å². The molecule has 1 N–H and O–H groups in total. The summed E-state index contributed by atoms with van der Waals surface area (Å²) in [6, 6.07) is 3.01. The minimum Gasteiger partial charge on any atom is -0.480 e. The molecule has 0 radical (unpaired) electrons. The van der Waals surface area contributed by atoms with Crippen LogP contribution in [0.15, 0.2) is 24.3 Å². The lowest BCUT2D eigenvalue weighted by Gasteiger charge is -2.28. The van der Waals surface area contributed by atoms with Crippen LogP contribution in [0.4, 0.5) is 18.0 Å². The molecule has 0 aliphatic carbocycles. The molecule has 0 heterocycles. The van der Waals surface area contributed by atoms with Crippen molar-refractivity contribution < 1.29 is 32.6 Å². The Labute approximate surface area is 138 Å². The number of halogens is 3. The predicted octanol–water partition coefficient (Wildman–Crippen LogP) is 3.57. The number of likely N-dealkylation sites (N-methyl/N-ethyl adjacent to an activating group) is 1. The van der Waals surface area contributed by atoms with Crippen LogP contribution in [0.3, 0.4) is 0 Å². The maximum absolute atomic E-state index is 12.7. The molecule has 134 valence electrons. The number of carboxylic acid groups (broad SMARTS) is 1. The van der Waals surface area contributed by atoms with E-state index in [0.717, 1.165) is 17.0 Å². The smallest absolute Gasteiger partial charge is 0.416 e. The Morgan fingerprint density at radius 2 is 1.83 bits per heavy atom. The van der Waals surface area contributed by atoms with Gasteiger partial charge in [0.1, 0.15) is 11.6 Å². The first kappa shape index (κ1) is 19.8. The molecule has 8 heteroatoms. The summed E-state index contributed by atoms with van der Waals surface area (Å²) in [7, 11) is 1.24. The van der Waals surface area contributed by atoms with Gasteiger partial charge in [0, 0.05) is 13.5 Å². The topological polar surface area (TPSA) is 66.8 Å². The van der Waals surface area contributed by atoms with Crippen molar-refractivity contribution in [1.29, 1.82) is 0 Å². The van der Waals surface area contributed by atoms with E-state index in [0.29, 0.717) is 0 Å². The normalized spacial score (nSPS) is 13.3. The van der Waals surface area contributed by atoms with Crippen molar-refractivity contribution in [3.63, 3.8) is 0 Å². The number of carbonyl (C=O) groups excluding carboxylic acids is 1. The molecule has 0 saturated carbocycles. The van der Waals surface area contributed by atoms with Crippen molar-refractivity contribution in [2.75, 3.05) is 7.05 Å². The van der Waals surface area contributed by atoms with E-state index in [9.17, 15) is 27.9 Å². The van der Waals surface area contributed by atoms with E-state index in [1.807, 2.05) is 0 Å². The second-order valence-corrected chi connectivity index (χ2v) is 6.35. The van der Waals surface area contributed by atoms with E-state index < -0.39 is 35.4 Å². The quantitative estimate of drug-likeness (QED) is 0.904. The largest absolute Gasteiger partial charge is 0.480 e. The van der Waals surface area contributed by atoms with Crippen molar-refractivity contribution >= 4 is 12.1 Å². The highest BCUT2D eigenvalue weighted by molar-refractivity contribution is 5.80. The van der Waals surface area contributed by atoms with E-state index in [2.05, 4.69) is 0 Å². The molecule has 24 heavy (non-hydrogen) atoms. The molecule has 0 saturated heterocycles. The van der Waals surface area contributed by atoms with E-state index >= 15 is 0 Å². The van der Waals surface area contributed by atoms with Gasteiger partial charge in [-0.25, -0.2) is 9.59 Å². The molecule has 0 bridgehead atoms. The Morgan fingerprint density at radius 1 is 1.25 bits per heavy atom. The monoisotopic (exact) mass is 347 g/mol. The van der Waals surface area contributed by atoms with Gasteiger partial charge in [-0.05, 0) is 32.4 Å². The average Bonchev–Trinajstić information content (AvgIpc) is 2.41.